The number of benzene rings is 3. The Morgan fingerprint density at radius 1 is 0.967 bits per heavy atom. The smallest absolute Gasteiger partial charge is 0.410 e. The normalized spacial score (nSPS) is 26.0. The summed E-state index contributed by atoms with van der Waals surface area (Å²) in [5, 5.41) is 27.1. The molecule has 3 aromatic rings. The molecule has 11 nitrogen and oxygen atoms in total. The fraction of sp³-hybridized carbons (Fsp3) is 0.520. The molecule has 7 rings (SSSR count). The molecule has 7 unspecified atom stereocenters. The van der Waals surface area contributed by atoms with Crippen molar-refractivity contribution < 1.29 is 43.5 Å². The second-order valence-corrected chi connectivity index (χ2v) is 16.7. The number of amides is 1. The molecule has 7 atom stereocenters. The summed E-state index contributed by atoms with van der Waals surface area (Å²) in [4.78, 5) is 22.3. The second-order valence-electron chi connectivity index (χ2n) is 16.7. The van der Waals surface area contributed by atoms with Crippen molar-refractivity contribution in [3.63, 3.8) is 0 Å². The van der Waals surface area contributed by atoms with Crippen LogP contribution in [0.3, 0.4) is 0 Å². The predicted octanol–water partition coefficient (Wildman–Crippen LogP) is 10.2. The zero-order chi connectivity index (χ0) is 42.6. The van der Waals surface area contributed by atoms with E-state index in [1.807, 2.05) is 37.3 Å². The maximum atomic E-state index is 14.3. The van der Waals surface area contributed by atoms with Crippen LogP contribution in [-0.4, -0.2) is 84.6 Å². The van der Waals surface area contributed by atoms with Crippen LogP contribution in [0.4, 0.5) is 4.79 Å². The van der Waals surface area contributed by atoms with Crippen molar-refractivity contribution in [3.8, 4) is 17.2 Å². The SMILES string of the molecule is C=CCCOC(=O)N(CCC)C1CC(=NOC2CCCCO2)C2=CC(CCCCO)C(CCCCO)C3c4cc(Oc5ccc6ccccc6c5)ccc4OC1(OCC=C)C23. The third kappa shape index (κ3) is 10.0. The average molecular weight is 837 g/mol. The van der Waals surface area contributed by atoms with Crippen molar-refractivity contribution in [1.29, 1.82) is 0 Å². The molecular weight excluding hydrogens is 773 g/mol. The fourth-order valence-electron chi connectivity index (χ4n) is 9.92. The van der Waals surface area contributed by atoms with Gasteiger partial charge in [-0.15, -0.1) is 13.2 Å². The van der Waals surface area contributed by atoms with Gasteiger partial charge in [-0.25, -0.2) is 4.79 Å². The van der Waals surface area contributed by atoms with E-state index in [0.717, 1.165) is 78.3 Å². The van der Waals surface area contributed by atoms with Crippen LogP contribution in [0.25, 0.3) is 10.8 Å². The van der Waals surface area contributed by atoms with Crippen molar-refractivity contribution in [1.82, 2.24) is 4.90 Å². The minimum Gasteiger partial charge on any atom is -0.459 e. The summed E-state index contributed by atoms with van der Waals surface area (Å²) in [5.41, 5.74) is 2.68. The molecule has 1 saturated heterocycles. The van der Waals surface area contributed by atoms with E-state index in [-0.39, 0.29) is 50.6 Å². The van der Waals surface area contributed by atoms with E-state index in [4.69, 9.17) is 33.7 Å². The highest BCUT2D eigenvalue weighted by atomic mass is 16.8. The molecule has 2 aliphatic heterocycles. The minimum absolute atomic E-state index is 0.0750. The Morgan fingerprint density at radius 2 is 1.75 bits per heavy atom. The average Bonchev–Trinajstić information content (AvgIpc) is 3.28. The molecule has 328 valence electrons. The molecule has 0 aromatic heterocycles. The Hall–Kier alpha value is -4.68. The van der Waals surface area contributed by atoms with Crippen molar-refractivity contribution in [2.24, 2.45) is 22.9 Å². The number of aliphatic hydroxyl groups excluding tert-OH is 2. The first-order valence-electron chi connectivity index (χ1n) is 22.5. The van der Waals surface area contributed by atoms with Crippen LogP contribution in [-0.2, 0) is 19.0 Å². The Bertz CT molecular complexity index is 2010. The summed E-state index contributed by atoms with van der Waals surface area (Å²) in [6.07, 6.45) is 13.8. The first-order valence-corrected chi connectivity index (χ1v) is 22.5. The Labute approximate surface area is 361 Å². The van der Waals surface area contributed by atoms with Gasteiger partial charge in [0, 0.05) is 44.1 Å². The van der Waals surface area contributed by atoms with Gasteiger partial charge < -0.3 is 38.7 Å². The van der Waals surface area contributed by atoms with Crippen LogP contribution in [0.1, 0.15) is 95.5 Å². The minimum atomic E-state index is -1.38. The number of fused-ring (bicyclic) bond motifs is 3. The number of rotatable bonds is 21. The predicted molar refractivity (Wildman–Crippen MR) is 237 cm³/mol. The number of aliphatic hydroxyl groups is 2. The molecule has 2 heterocycles. The van der Waals surface area contributed by atoms with Crippen LogP contribution in [0.15, 0.2) is 103 Å². The van der Waals surface area contributed by atoms with E-state index >= 15 is 0 Å². The van der Waals surface area contributed by atoms with Gasteiger partial charge in [-0.2, -0.15) is 0 Å². The highest BCUT2D eigenvalue weighted by Crippen LogP contribution is 2.62. The number of allylic oxidation sites excluding steroid dienone is 1. The van der Waals surface area contributed by atoms with Crippen LogP contribution < -0.4 is 9.47 Å². The van der Waals surface area contributed by atoms with Gasteiger partial charge in [0.2, 0.25) is 12.1 Å². The van der Waals surface area contributed by atoms with Crippen LogP contribution in [0.2, 0.25) is 0 Å². The summed E-state index contributed by atoms with van der Waals surface area (Å²) in [5.74, 6) is 0.219. The number of unbranched alkanes of at least 4 members (excludes halogenated alkanes) is 2. The molecule has 0 bridgehead atoms. The van der Waals surface area contributed by atoms with E-state index < -0.39 is 30.1 Å². The van der Waals surface area contributed by atoms with Gasteiger partial charge >= 0.3 is 6.09 Å². The fourth-order valence-corrected chi connectivity index (χ4v) is 9.92. The molecule has 1 amide bonds. The van der Waals surface area contributed by atoms with Gasteiger partial charge in [-0.05, 0) is 110 Å². The topological polar surface area (TPSA) is 129 Å². The molecule has 61 heavy (non-hydrogen) atoms. The zero-order valence-corrected chi connectivity index (χ0v) is 35.8. The van der Waals surface area contributed by atoms with Crippen LogP contribution in [0.5, 0.6) is 17.2 Å². The molecule has 2 N–H and O–H groups in total. The molecular formula is C50H64N2O9. The third-order valence-electron chi connectivity index (χ3n) is 12.6. The van der Waals surface area contributed by atoms with Crippen LogP contribution in [0, 0.1) is 17.8 Å². The van der Waals surface area contributed by atoms with Crippen molar-refractivity contribution in [3.05, 3.63) is 103 Å². The number of carbonyl (C=O) groups excluding carboxylic acids is 1. The summed E-state index contributed by atoms with van der Waals surface area (Å²) in [7, 11) is 0. The first-order chi connectivity index (χ1) is 29.9. The summed E-state index contributed by atoms with van der Waals surface area (Å²) >= 11 is 0. The maximum Gasteiger partial charge on any atom is 0.410 e. The molecule has 11 heteroatoms. The van der Waals surface area contributed by atoms with E-state index in [2.05, 4.69) is 49.6 Å². The van der Waals surface area contributed by atoms with Gasteiger partial charge in [-0.3, -0.25) is 4.90 Å². The summed E-state index contributed by atoms with van der Waals surface area (Å²) in [6.45, 7) is 11.5. The quantitative estimate of drug-likeness (QED) is 0.0612. The van der Waals surface area contributed by atoms with Gasteiger partial charge in [0.05, 0.1) is 31.5 Å². The largest absolute Gasteiger partial charge is 0.459 e. The van der Waals surface area contributed by atoms with E-state index in [1.54, 1.807) is 17.1 Å². The van der Waals surface area contributed by atoms with Crippen molar-refractivity contribution in [2.45, 2.75) is 108 Å². The molecule has 0 radical (unpaired) electrons. The summed E-state index contributed by atoms with van der Waals surface area (Å²) in [6, 6.07) is 19.7. The third-order valence-corrected chi connectivity index (χ3v) is 12.6. The highest BCUT2D eigenvalue weighted by Gasteiger charge is 2.65. The number of ether oxygens (including phenoxy) is 5. The lowest BCUT2D eigenvalue weighted by Gasteiger charge is -2.60. The zero-order valence-electron chi connectivity index (χ0n) is 35.8. The van der Waals surface area contributed by atoms with Crippen LogP contribution >= 0.6 is 0 Å². The number of hydrogen-bond donors (Lipinski definition) is 2. The Balaban J connectivity index is 1.42. The van der Waals surface area contributed by atoms with Crippen molar-refractivity contribution in [2.75, 3.05) is 39.6 Å². The van der Waals surface area contributed by atoms with Crippen molar-refractivity contribution >= 4 is 22.6 Å². The van der Waals surface area contributed by atoms with E-state index in [1.165, 1.54) is 0 Å². The van der Waals surface area contributed by atoms with E-state index in [0.29, 0.717) is 50.3 Å². The summed E-state index contributed by atoms with van der Waals surface area (Å²) < 4.78 is 33.0. The maximum absolute atomic E-state index is 14.3. The lowest BCUT2D eigenvalue weighted by atomic mass is 9.55. The number of carbonyl (C=O) groups is 1. The number of nitrogens with zero attached hydrogens (tertiary/aromatic N) is 2. The lowest BCUT2D eigenvalue weighted by Crippen LogP contribution is -2.70. The number of oxime groups is 1. The Kier molecular flexibility index (Phi) is 15.6. The lowest BCUT2D eigenvalue weighted by molar-refractivity contribution is -0.255. The number of hydrogen-bond acceptors (Lipinski definition) is 10. The van der Waals surface area contributed by atoms with Gasteiger partial charge in [-0.1, -0.05) is 73.5 Å². The molecule has 2 fully saturated rings. The monoisotopic (exact) mass is 836 g/mol. The molecule has 0 spiro atoms. The van der Waals surface area contributed by atoms with Gasteiger partial charge in [0.25, 0.3) is 0 Å². The molecule has 4 aliphatic rings. The van der Waals surface area contributed by atoms with E-state index in [9.17, 15) is 15.0 Å². The Morgan fingerprint density at radius 3 is 2.51 bits per heavy atom. The van der Waals surface area contributed by atoms with Gasteiger partial charge in [0.15, 0.2) is 0 Å². The molecule has 3 aromatic carbocycles. The molecule has 2 aliphatic carbocycles. The highest BCUT2D eigenvalue weighted by molar-refractivity contribution is 6.03. The second kappa shape index (κ2) is 21.4. The first kappa shape index (κ1) is 44.4. The standard InChI is InChI=1S/C50H64N2O9/c1-4-7-29-57-49(55)52(25-5-2)45-34-43(51-61-46-20-12-15-30-56-46)41-32-37(18-10-13-26-53)40(19-11-14-27-54)47-42-33-39(59-38-22-21-35-16-8-9-17-36(35)31-38)23-24-44(42)60-50(45,48(41)47)58-28-6-3/h4,6,8-9,16-17,21-24,31-33,37,40,45-48,53-54H,1,3,5,7,10-15,18-20,25-30,34H2,2H3. The molecule has 1 saturated carbocycles. The van der Waals surface area contributed by atoms with Gasteiger partial charge in [0.1, 0.15) is 23.3 Å².